The van der Waals surface area contributed by atoms with Crippen molar-refractivity contribution in [1.82, 2.24) is 14.9 Å². The van der Waals surface area contributed by atoms with Crippen LogP contribution >= 0.6 is 11.6 Å². The van der Waals surface area contributed by atoms with Crippen LogP contribution in [0, 0.1) is 0 Å². The predicted molar refractivity (Wildman–Crippen MR) is 109 cm³/mol. The first-order valence-electron chi connectivity index (χ1n) is 8.72. The molecule has 0 saturated carbocycles. The van der Waals surface area contributed by atoms with Gasteiger partial charge in [0.05, 0.1) is 17.4 Å². The number of benzene rings is 2. The van der Waals surface area contributed by atoms with Crippen molar-refractivity contribution >= 4 is 40.0 Å². The Bertz CT molecular complexity index is 1110. The van der Waals surface area contributed by atoms with E-state index in [1.54, 1.807) is 47.4 Å². The molecule has 144 valence electrons. The molecule has 0 aliphatic carbocycles. The lowest BCUT2D eigenvalue weighted by Crippen LogP contribution is -2.32. The number of aromatic nitrogens is 2. The third-order valence-corrected chi connectivity index (χ3v) is 4.39. The zero-order valence-corrected chi connectivity index (χ0v) is 16.2. The van der Waals surface area contributed by atoms with Crippen LogP contribution in [0.15, 0.2) is 47.3 Å². The molecule has 1 heterocycles. The Hall–Kier alpha value is -3.19. The molecule has 2 N–H and O–H groups in total. The number of nitrogens with zero attached hydrogens (tertiary/aromatic N) is 2. The molecule has 0 atom stereocenters. The fourth-order valence-electron chi connectivity index (χ4n) is 2.86. The van der Waals surface area contributed by atoms with Crippen molar-refractivity contribution in [3.63, 3.8) is 0 Å². The van der Waals surface area contributed by atoms with Crippen LogP contribution in [0.5, 0.6) is 0 Å². The first-order valence-corrected chi connectivity index (χ1v) is 9.10. The zero-order chi connectivity index (χ0) is 20.3. The summed E-state index contributed by atoms with van der Waals surface area (Å²) in [5.74, 6) is -0.0786. The van der Waals surface area contributed by atoms with Crippen LogP contribution < -0.4 is 10.9 Å². The van der Waals surface area contributed by atoms with Crippen LogP contribution in [-0.2, 0) is 11.3 Å². The monoisotopic (exact) mass is 398 g/mol. The van der Waals surface area contributed by atoms with Crippen molar-refractivity contribution in [1.29, 1.82) is 0 Å². The van der Waals surface area contributed by atoms with E-state index in [2.05, 4.69) is 15.3 Å². The van der Waals surface area contributed by atoms with E-state index in [0.717, 1.165) is 0 Å². The zero-order valence-electron chi connectivity index (χ0n) is 15.5. The van der Waals surface area contributed by atoms with E-state index in [9.17, 15) is 14.4 Å². The topological polar surface area (TPSA) is 95.2 Å². The number of aromatic amines is 1. The fourth-order valence-corrected chi connectivity index (χ4v) is 3.03. The lowest BCUT2D eigenvalue weighted by molar-refractivity contribution is -0.114. The Morgan fingerprint density at radius 3 is 2.71 bits per heavy atom. The molecule has 8 heteroatoms. The third kappa shape index (κ3) is 4.37. The molecule has 0 radical (unpaired) electrons. The summed E-state index contributed by atoms with van der Waals surface area (Å²) in [4.78, 5) is 45.1. The van der Waals surface area contributed by atoms with Gasteiger partial charge in [-0.15, -0.1) is 0 Å². The highest BCUT2D eigenvalue weighted by atomic mass is 35.5. The SMILES string of the molecule is CCN(Cc1nc2cc(Cl)ccc2c(=O)[nH]1)C(=O)c1cccc(NC(C)=O)c1. The van der Waals surface area contributed by atoms with Crippen LogP contribution in [0.3, 0.4) is 0 Å². The number of nitrogens with one attached hydrogen (secondary N) is 2. The molecular formula is C20H19ClN4O3. The van der Waals surface area contributed by atoms with Gasteiger partial charge in [0.15, 0.2) is 0 Å². The van der Waals surface area contributed by atoms with E-state index >= 15 is 0 Å². The maximum atomic E-state index is 12.9. The van der Waals surface area contributed by atoms with Crippen molar-refractivity contribution in [2.24, 2.45) is 0 Å². The van der Waals surface area contributed by atoms with E-state index in [1.807, 2.05) is 6.92 Å². The number of amides is 2. The van der Waals surface area contributed by atoms with Crippen LogP contribution in [0.4, 0.5) is 5.69 Å². The molecule has 3 aromatic rings. The van der Waals surface area contributed by atoms with E-state index in [0.29, 0.717) is 39.5 Å². The highest BCUT2D eigenvalue weighted by molar-refractivity contribution is 6.31. The Morgan fingerprint density at radius 2 is 2.00 bits per heavy atom. The van der Waals surface area contributed by atoms with Crippen LogP contribution in [0.25, 0.3) is 10.9 Å². The summed E-state index contributed by atoms with van der Waals surface area (Å²) in [6.45, 7) is 3.80. The summed E-state index contributed by atoms with van der Waals surface area (Å²) in [6.07, 6.45) is 0. The van der Waals surface area contributed by atoms with E-state index < -0.39 is 0 Å². The van der Waals surface area contributed by atoms with Gasteiger partial charge in [-0.05, 0) is 43.3 Å². The average Bonchev–Trinajstić information content (AvgIpc) is 2.65. The number of carbonyl (C=O) groups is 2. The first-order chi connectivity index (χ1) is 13.4. The summed E-state index contributed by atoms with van der Waals surface area (Å²) in [5.41, 5.74) is 1.16. The molecule has 7 nitrogen and oxygen atoms in total. The molecule has 0 bridgehead atoms. The van der Waals surface area contributed by atoms with Crippen LogP contribution in [0.1, 0.15) is 30.0 Å². The molecule has 28 heavy (non-hydrogen) atoms. The van der Waals surface area contributed by atoms with Gasteiger partial charge in [-0.3, -0.25) is 14.4 Å². The highest BCUT2D eigenvalue weighted by Gasteiger charge is 2.17. The van der Waals surface area contributed by atoms with Gasteiger partial charge in [0.25, 0.3) is 11.5 Å². The molecule has 0 spiro atoms. The minimum absolute atomic E-state index is 0.136. The van der Waals surface area contributed by atoms with Gasteiger partial charge < -0.3 is 15.2 Å². The molecule has 0 unspecified atom stereocenters. The Morgan fingerprint density at radius 1 is 1.21 bits per heavy atom. The van der Waals surface area contributed by atoms with Gasteiger partial charge in [0.1, 0.15) is 5.82 Å². The normalized spacial score (nSPS) is 10.7. The van der Waals surface area contributed by atoms with Gasteiger partial charge in [0, 0.05) is 29.7 Å². The summed E-state index contributed by atoms with van der Waals surface area (Å²) in [5, 5.41) is 3.57. The summed E-state index contributed by atoms with van der Waals surface area (Å²) < 4.78 is 0. The Kier molecular flexibility index (Phi) is 5.75. The number of carbonyl (C=O) groups excluding carboxylic acids is 2. The number of H-pyrrole nitrogens is 1. The number of hydrogen-bond acceptors (Lipinski definition) is 4. The number of hydrogen-bond donors (Lipinski definition) is 2. The number of anilines is 1. The van der Waals surface area contributed by atoms with Crippen molar-refractivity contribution in [2.75, 3.05) is 11.9 Å². The Balaban J connectivity index is 1.88. The predicted octanol–water partition coefficient (Wildman–Crippen LogP) is 3.20. The summed E-state index contributed by atoms with van der Waals surface area (Å²) in [7, 11) is 0. The van der Waals surface area contributed by atoms with Gasteiger partial charge >= 0.3 is 0 Å². The number of rotatable bonds is 5. The molecule has 2 aromatic carbocycles. The maximum absolute atomic E-state index is 12.9. The smallest absolute Gasteiger partial charge is 0.258 e. The number of fused-ring (bicyclic) bond motifs is 1. The molecular weight excluding hydrogens is 380 g/mol. The third-order valence-electron chi connectivity index (χ3n) is 4.16. The number of halogens is 1. The van der Waals surface area contributed by atoms with E-state index in [-0.39, 0.29) is 23.9 Å². The average molecular weight is 399 g/mol. The van der Waals surface area contributed by atoms with Crippen LogP contribution in [-0.4, -0.2) is 33.2 Å². The molecule has 0 aliphatic heterocycles. The quantitative estimate of drug-likeness (QED) is 0.689. The van der Waals surface area contributed by atoms with Gasteiger partial charge in [-0.1, -0.05) is 17.7 Å². The first kappa shape index (κ1) is 19.6. The summed E-state index contributed by atoms with van der Waals surface area (Å²) in [6, 6.07) is 11.6. The molecule has 3 rings (SSSR count). The largest absolute Gasteiger partial charge is 0.331 e. The van der Waals surface area contributed by atoms with Crippen molar-refractivity contribution in [3.8, 4) is 0 Å². The molecule has 1 aromatic heterocycles. The van der Waals surface area contributed by atoms with Gasteiger partial charge in [0.2, 0.25) is 5.91 Å². The fraction of sp³-hybridized carbons (Fsp3) is 0.200. The lowest BCUT2D eigenvalue weighted by Gasteiger charge is -2.21. The molecule has 0 fully saturated rings. The van der Waals surface area contributed by atoms with Crippen molar-refractivity contribution in [3.05, 3.63) is 69.2 Å². The van der Waals surface area contributed by atoms with Gasteiger partial charge in [-0.2, -0.15) is 0 Å². The lowest BCUT2D eigenvalue weighted by atomic mass is 10.1. The van der Waals surface area contributed by atoms with Crippen LogP contribution in [0.2, 0.25) is 5.02 Å². The molecule has 2 amide bonds. The maximum Gasteiger partial charge on any atom is 0.258 e. The molecule has 0 saturated heterocycles. The highest BCUT2D eigenvalue weighted by Crippen LogP contribution is 2.16. The van der Waals surface area contributed by atoms with E-state index in [1.165, 1.54) is 6.92 Å². The van der Waals surface area contributed by atoms with Gasteiger partial charge in [-0.25, -0.2) is 4.98 Å². The second-order valence-electron chi connectivity index (χ2n) is 6.26. The van der Waals surface area contributed by atoms with Crippen molar-refractivity contribution in [2.45, 2.75) is 20.4 Å². The Labute approximate surface area is 166 Å². The van der Waals surface area contributed by atoms with E-state index in [4.69, 9.17) is 11.6 Å². The second kappa shape index (κ2) is 8.22. The minimum atomic E-state index is -0.284. The van der Waals surface area contributed by atoms with Crippen molar-refractivity contribution < 1.29 is 9.59 Å². The standard InChI is InChI=1S/C20H19ClN4O3/c1-3-25(20(28)13-5-4-6-15(9-13)22-12(2)26)11-18-23-17-10-14(21)7-8-16(17)19(27)24-18/h4-10H,3,11H2,1-2H3,(H,22,26)(H,23,24,27). The second-order valence-corrected chi connectivity index (χ2v) is 6.69. The summed E-state index contributed by atoms with van der Waals surface area (Å²) >= 11 is 5.99. The molecule has 0 aliphatic rings. The minimum Gasteiger partial charge on any atom is -0.331 e.